The molecule has 0 aliphatic heterocycles. The second kappa shape index (κ2) is 8.08. The van der Waals surface area contributed by atoms with E-state index in [0.29, 0.717) is 13.0 Å². The van der Waals surface area contributed by atoms with Gasteiger partial charge in [-0.15, -0.1) is 22.7 Å². The summed E-state index contributed by atoms with van der Waals surface area (Å²) in [6, 6.07) is 16.3. The highest BCUT2D eigenvalue weighted by molar-refractivity contribution is 7.88. The molecular weight excluding hydrogens is 410 g/mol. The first-order chi connectivity index (χ1) is 13.5. The van der Waals surface area contributed by atoms with Gasteiger partial charge in [0, 0.05) is 17.5 Å². The molecule has 8 heteroatoms. The number of nitrogens with one attached hydrogen (secondary N) is 1. The monoisotopic (exact) mass is 429 g/mol. The van der Waals surface area contributed by atoms with Crippen molar-refractivity contribution in [3.05, 3.63) is 69.5 Å². The van der Waals surface area contributed by atoms with Crippen molar-refractivity contribution in [2.75, 3.05) is 12.8 Å². The highest BCUT2D eigenvalue weighted by Crippen LogP contribution is 2.27. The molecule has 0 radical (unpaired) electrons. The summed E-state index contributed by atoms with van der Waals surface area (Å²) in [6.45, 7) is 0.404. The molecule has 2 aromatic heterocycles. The minimum Gasteiger partial charge on any atom is -0.241 e. The molecule has 4 rings (SSSR count). The Bertz CT molecular complexity index is 1160. The molecule has 5 nitrogen and oxygen atoms in total. The minimum atomic E-state index is -3.14. The second-order valence-corrected chi connectivity index (χ2v) is 10.4. The van der Waals surface area contributed by atoms with Gasteiger partial charge in [-0.2, -0.15) is 0 Å². The van der Waals surface area contributed by atoms with Crippen molar-refractivity contribution in [1.29, 1.82) is 0 Å². The maximum Gasteiger partial charge on any atom is 0.208 e. The van der Waals surface area contributed by atoms with Crippen molar-refractivity contribution in [2.24, 2.45) is 0 Å². The first kappa shape index (κ1) is 19.2. The van der Waals surface area contributed by atoms with Gasteiger partial charge in [-0.25, -0.2) is 23.1 Å². The van der Waals surface area contributed by atoms with Gasteiger partial charge < -0.3 is 0 Å². The zero-order chi connectivity index (χ0) is 19.6. The Kier molecular flexibility index (Phi) is 5.54. The number of fused-ring (bicyclic) bond motifs is 1. The molecule has 144 valence electrons. The van der Waals surface area contributed by atoms with Crippen molar-refractivity contribution in [1.82, 2.24) is 14.7 Å². The number of sulfonamides is 1. The molecule has 1 N–H and O–H groups in total. The zero-order valence-electron chi connectivity index (χ0n) is 15.3. The van der Waals surface area contributed by atoms with E-state index >= 15 is 0 Å². The van der Waals surface area contributed by atoms with Crippen LogP contribution in [0.25, 0.3) is 21.5 Å². The number of hydrogen-bond acceptors (Lipinski definition) is 6. The number of nitrogens with zero attached hydrogens (tertiary/aromatic N) is 2. The van der Waals surface area contributed by atoms with Gasteiger partial charge >= 0.3 is 0 Å². The van der Waals surface area contributed by atoms with Crippen molar-refractivity contribution >= 4 is 42.9 Å². The maximum absolute atomic E-state index is 11.1. The smallest absolute Gasteiger partial charge is 0.208 e. The second-order valence-electron chi connectivity index (χ2n) is 6.49. The van der Waals surface area contributed by atoms with Gasteiger partial charge in [0.05, 0.1) is 28.6 Å². The van der Waals surface area contributed by atoms with Gasteiger partial charge in [0.25, 0.3) is 0 Å². The van der Waals surface area contributed by atoms with Crippen molar-refractivity contribution < 1.29 is 8.42 Å². The third kappa shape index (κ3) is 4.82. The van der Waals surface area contributed by atoms with Crippen molar-refractivity contribution in [3.63, 3.8) is 0 Å². The lowest BCUT2D eigenvalue weighted by molar-refractivity contribution is 0.588. The van der Waals surface area contributed by atoms with Crippen molar-refractivity contribution in [2.45, 2.75) is 12.8 Å². The van der Waals surface area contributed by atoms with Gasteiger partial charge in [-0.1, -0.05) is 36.4 Å². The van der Waals surface area contributed by atoms with E-state index in [1.54, 1.807) is 22.7 Å². The van der Waals surface area contributed by atoms with Crippen LogP contribution in [-0.2, 0) is 22.9 Å². The quantitative estimate of drug-likeness (QED) is 0.480. The number of para-hydroxylation sites is 1. The van der Waals surface area contributed by atoms with Crippen LogP contribution in [-0.4, -0.2) is 31.2 Å². The standard InChI is InChI=1S/C20H19N3O2S3/c1-28(24,25)21-11-10-14-6-8-15(9-7-14)17-13-26-19(23-17)12-20-22-16-4-2-3-5-18(16)27-20/h2-9,13,21H,10-12H2,1H3. The normalized spacial score (nSPS) is 11.9. The molecule has 0 unspecified atom stereocenters. The van der Waals surface area contributed by atoms with Crippen LogP contribution >= 0.6 is 22.7 Å². The molecule has 0 saturated heterocycles. The Hall–Kier alpha value is -2.13. The Morgan fingerprint density at radius 1 is 1.00 bits per heavy atom. The Morgan fingerprint density at radius 3 is 2.54 bits per heavy atom. The summed E-state index contributed by atoms with van der Waals surface area (Å²) in [5.41, 5.74) is 4.15. The maximum atomic E-state index is 11.1. The highest BCUT2D eigenvalue weighted by atomic mass is 32.2. The fourth-order valence-electron chi connectivity index (χ4n) is 2.87. The number of rotatable bonds is 7. The van der Waals surface area contributed by atoms with E-state index in [-0.39, 0.29) is 0 Å². The highest BCUT2D eigenvalue weighted by Gasteiger charge is 2.09. The van der Waals surface area contributed by atoms with Gasteiger partial charge in [0.2, 0.25) is 10.0 Å². The Labute approximate surface area is 172 Å². The topological polar surface area (TPSA) is 72.0 Å². The van der Waals surface area contributed by atoms with Crippen LogP contribution in [0.1, 0.15) is 15.6 Å². The Morgan fingerprint density at radius 2 is 1.79 bits per heavy atom. The summed E-state index contributed by atoms with van der Waals surface area (Å²) in [4.78, 5) is 9.45. The van der Waals surface area contributed by atoms with Gasteiger partial charge in [0.15, 0.2) is 0 Å². The van der Waals surface area contributed by atoms with E-state index < -0.39 is 10.0 Å². The molecule has 0 amide bonds. The number of aromatic nitrogens is 2. The predicted molar refractivity (Wildman–Crippen MR) is 117 cm³/mol. The molecule has 4 aromatic rings. The summed E-state index contributed by atoms with van der Waals surface area (Å²) in [6.07, 6.45) is 2.58. The van der Waals surface area contributed by atoms with E-state index in [4.69, 9.17) is 4.98 Å². The predicted octanol–water partition coefficient (Wildman–Crippen LogP) is 4.10. The molecule has 28 heavy (non-hydrogen) atoms. The van der Waals surface area contributed by atoms with Crippen LogP contribution in [0, 0.1) is 0 Å². The lowest BCUT2D eigenvalue weighted by Crippen LogP contribution is -2.24. The lowest BCUT2D eigenvalue weighted by atomic mass is 10.1. The average Bonchev–Trinajstić information content (AvgIpc) is 3.28. The summed E-state index contributed by atoms with van der Waals surface area (Å²) in [5.74, 6) is 0. The largest absolute Gasteiger partial charge is 0.241 e. The fourth-order valence-corrected chi connectivity index (χ4v) is 5.22. The summed E-state index contributed by atoms with van der Waals surface area (Å²) in [7, 11) is -3.14. The molecule has 0 spiro atoms. The van der Waals surface area contributed by atoms with Crippen molar-refractivity contribution in [3.8, 4) is 11.3 Å². The van der Waals surface area contributed by atoms with Crippen LogP contribution in [0.5, 0.6) is 0 Å². The Balaban J connectivity index is 1.42. The summed E-state index contributed by atoms with van der Waals surface area (Å²) >= 11 is 3.36. The SMILES string of the molecule is CS(=O)(=O)NCCc1ccc(-c2csc(Cc3nc4ccccc4s3)n2)cc1. The molecular formula is C20H19N3O2S3. The molecule has 0 aliphatic carbocycles. The average molecular weight is 430 g/mol. The molecule has 0 saturated carbocycles. The van der Waals surface area contributed by atoms with Gasteiger partial charge in [-0.05, 0) is 24.1 Å². The number of benzene rings is 2. The van der Waals surface area contributed by atoms with Gasteiger partial charge in [0.1, 0.15) is 10.0 Å². The van der Waals surface area contributed by atoms with Crippen LogP contribution in [0.4, 0.5) is 0 Å². The first-order valence-corrected chi connectivity index (χ1v) is 12.4. The molecule has 0 fully saturated rings. The number of hydrogen-bond donors (Lipinski definition) is 1. The van der Waals surface area contributed by atoms with E-state index in [1.807, 2.05) is 42.5 Å². The van der Waals surface area contributed by atoms with Crippen LogP contribution in [0.3, 0.4) is 0 Å². The fraction of sp³-hybridized carbons (Fsp3) is 0.200. The minimum absolute atomic E-state index is 0.404. The molecule has 0 bridgehead atoms. The van der Waals surface area contributed by atoms with Crippen LogP contribution in [0.2, 0.25) is 0 Å². The van der Waals surface area contributed by atoms with Gasteiger partial charge in [-0.3, -0.25) is 0 Å². The molecule has 0 atom stereocenters. The number of thiazole rings is 2. The van der Waals surface area contributed by atoms with E-state index in [1.165, 1.54) is 11.0 Å². The summed E-state index contributed by atoms with van der Waals surface area (Å²) < 4.78 is 26.0. The van der Waals surface area contributed by atoms with Crippen LogP contribution < -0.4 is 4.72 Å². The zero-order valence-corrected chi connectivity index (χ0v) is 17.7. The molecule has 2 aromatic carbocycles. The third-order valence-electron chi connectivity index (χ3n) is 4.22. The molecule has 2 heterocycles. The van der Waals surface area contributed by atoms with E-state index in [0.717, 1.165) is 38.8 Å². The van der Waals surface area contributed by atoms with E-state index in [9.17, 15) is 8.42 Å². The van der Waals surface area contributed by atoms with E-state index in [2.05, 4.69) is 21.2 Å². The first-order valence-electron chi connectivity index (χ1n) is 8.79. The lowest BCUT2D eigenvalue weighted by Gasteiger charge is -2.04. The van der Waals surface area contributed by atoms with Crippen LogP contribution in [0.15, 0.2) is 53.9 Å². The third-order valence-corrected chi connectivity index (χ3v) is 6.83. The molecule has 0 aliphatic rings. The summed E-state index contributed by atoms with van der Waals surface area (Å²) in [5, 5.41) is 4.20.